The van der Waals surface area contributed by atoms with E-state index in [1.807, 2.05) is 0 Å². The summed E-state index contributed by atoms with van der Waals surface area (Å²) in [5.74, 6) is 0.809. The zero-order valence-electron chi connectivity index (χ0n) is 11.5. The van der Waals surface area contributed by atoms with Gasteiger partial charge in [-0.2, -0.15) is 0 Å². The average Bonchev–Trinajstić information content (AvgIpc) is 2.38. The van der Waals surface area contributed by atoms with E-state index in [4.69, 9.17) is 4.74 Å². The monoisotopic (exact) mass is 240 g/mol. The van der Waals surface area contributed by atoms with Crippen molar-refractivity contribution in [3.8, 4) is 0 Å². The summed E-state index contributed by atoms with van der Waals surface area (Å²) < 4.78 is 5.11. The van der Waals surface area contributed by atoms with E-state index in [1.54, 1.807) is 0 Å². The molecule has 0 bridgehead atoms. The van der Waals surface area contributed by atoms with E-state index < -0.39 is 0 Å². The minimum Gasteiger partial charge on any atom is -0.502 e. The highest BCUT2D eigenvalue weighted by Crippen LogP contribution is 2.19. The Balaban J connectivity index is 2.13. The Morgan fingerprint density at radius 1 is 1.59 bits per heavy atom. The molecule has 1 N–H and O–H groups in total. The van der Waals surface area contributed by atoms with Crippen molar-refractivity contribution in [3.05, 3.63) is 12.8 Å². The fraction of sp³-hybridized carbons (Fsp3) is 0.857. The second-order valence-electron chi connectivity index (χ2n) is 4.93. The highest BCUT2D eigenvalue weighted by atomic mass is 16.5. The molecule has 100 valence electrons. The van der Waals surface area contributed by atoms with E-state index in [-0.39, 0.29) is 0 Å². The molecule has 0 aliphatic carbocycles. The molecule has 0 aromatic heterocycles. The Labute approximate surface area is 106 Å². The highest BCUT2D eigenvalue weighted by molar-refractivity contribution is 4.79. The Bertz CT molecular complexity index is 208. The summed E-state index contributed by atoms with van der Waals surface area (Å²) in [6.07, 6.45) is 5.29. The average molecular weight is 240 g/mol. The van der Waals surface area contributed by atoms with Crippen LogP contribution in [0, 0.1) is 5.92 Å². The minimum absolute atomic E-state index is 0.619. The van der Waals surface area contributed by atoms with Gasteiger partial charge >= 0.3 is 0 Å². The summed E-state index contributed by atoms with van der Waals surface area (Å²) >= 11 is 0. The topological polar surface area (TPSA) is 24.5 Å². The van der Waals surface area contributed by atoms with Crippen LogP contribution in [0.2, 0.25) is 0 Å². The lowest BCUT2D eigenvalue weighted by Crippen LogP contribution is -2.44. The van der Waals surface area contributed by atoms with Crippen molar-refractivity contribution in [1.82, 2.24) is 10.2 Å². The quantitative estimate of drug-likeness (QED) is 0.520. The molecule has 0 radical (unpaired) electrons. The lowest BCUT2D eigenvalue weighted by atomic mass is 9.91. The van der Waals surface area contributed by atoms with E-state index in [9.17, 15) is 0 Å². The van der Waals surface area contributed by atoms with Crippen molar-refractivity contribution < 1.29 is 4.74 Å². The number of likely N-dealkylation sites (tertiary alicyclic amines) is 1. The van der Waals surface area contributed by atoms with Gasteiger partial charge in [0, 0.05) is 12.6 Å². The van der Waals surface area contributed by atoms with Crippen LogP contribution in [-0.4, -0.2) is 43.7 Å². The molecule has 0 aromatic rings. The first kappa shape index (κ1) is 14.5. The van der Waals surface area contributed by atoms with Crippen LogP contribution in [0.5, 0.6) is 0 Å². The molecule has 1 rings (SSSR count). The molecule has 1 fully saturated rings. The van der Waals surface area contributed by atoms with Crippen LogP contribution < -0.4 is 5.32 Å². The van der Waals surface area contributed by atoms with E-state index in [2.05, 4.69) is 30.6 Å². The summed E-state index contributed by atoms with van der Waals surface area (Å²) in [6, 6.07) is 0.619. The second kappa shape index (κ2) is 8.54. The van der Waals surface area contributed by atoms with Crippen LogP contribution >= 0.6 is 0 Å². The second-order valence-corrected chi connectivity index (χ2v) is 4.93. The van der Waals surface area contributed by atoms with Crippen molar-refractivity contribution in [2.75, 3.05) is 32.8 Å². The van der Waals surface area contributed by atoms with Crippen molar-refractivity contribution in [2.24, 2.45) is 5.92 Å². The normalized spacial score (nSPS) is 23.3. The third-order valence-electron chi connectivity index (χ3n) is 3.72. The molecule has 2 unspecified atom stereocenters. The summed E-state index contributed by atoms with van der Waals surface area (Å²) in [7, 11) is 0. The molecule has 3 nitrogen and oxygen atoms in total. The first-order valence-corrected chi connectivity index (χ1v) is 6.96. The lowest BCUT2D eigenvalue weighted by molar-refractivity contribution is 0.155. The van der Waals surface area contributed by atoms with Gasteiger partial charge in [-0.05, 0) is 51.7 Å². The van der Waals surface area contributed by atoms with Crippen LogP contribution in [0.25, 0.3) is 0 Å². The van der Waals surface area contributed by atoms with E-state index in [1.165, 1.54) is 38.7 Å². The maximum atomic E-state index is 5.11. The van der Waals surface area contributed by atoms with Crippen molar-refractivity contribution in [2.45, 2.75) is 39.2 Å². The fourth-order valence-corrected chi connectivity index (χ4v) is 2.52. The minimum atomic E-state index is 0.619. The van der Waals surface area contributed by atoms with Gasteiger partial charge in [0.05, 0.1) is 12.9 Å². The number of ether oxygens (including phenoxy) is 1. The first-order valence-electron chi connectivity index (χ1n) is 6.96. The van der Waals surface area contributed by atoms with Crippen molar-refractivity contribution >= 4 is 0 Å². The van der Waals surface area contributed by atoms with Crippen molar-refractivity contribution in [1.29, 1.82) is 0 Å². The standard InChI is InChI=1S/C14H28N2O/c1-4-16-10-6-8-14(12-16)13(3)15-9-7-11-17-5-2/h5,13-15H,2,4,6-12H2,1,3H3. The van der Waals surface area contributed by atoms with E-state index >= 15 is 0 Å². The molecule has 1 saturated heterocycles. The molecule has 0 aromatic carbocycles. The van der Waals surface area contributed by atoms with E-state index in [0.29, 0.717) is 6.04 Å². The molecular formula is C14H28N2O. The van der Waals surface area contributed by atoms with Crippen LogP contribution in [0.3, 0.4) is 0 Å². The first-order chi connectivity index (χ1) is 8.27. The molecule has 2 atom stereocenters. The third kappa shape index (κ3) is 5.55. The third-order valence-corrected chi connectivity index (χ3v) is 3.72. The Morgan fingerprint density at radius 2 is 2.41 bits per heavy atom. The Kier molecular flexibility index (Phi) is 7.29. The molecule has 0 saturated carbocycles. The van der Waals surface area contributed by atoms with Gasteiger partial charge in [-0.1, -0.05) is 13.5 Å². The molecular weight excluding hydrogens is 212 g/mol. The molecule has 1 aliphatic heterocycles. The highest BCUT2D eigenvalue weighted by Gasteiger charge is 2.23. The number of nitrogens with zero attached hydrogens (tertiary/aromatic N) is 1. The number of hydrogen-bond donors (Lipinski definition) is 1. The molecule has 1 heterocycles. The Hall–Kier alpha value is -0.540. The zero-order valence-corrected chi connectivity index (χ0v) is 11.5. The molecule has 1 aliphatic rings. The van der Waals surface area contributed by atoms with E-state index in [0.717, 1.165) is 25.5 Å². The van der Waals surface area contributed by atoms with Gasteiger partial charge in [0.2, 0.25) is 0 Å². The summed E-state index contributed by atoms with van der Waals surface area (Å²) in [6.45, 7) is 13.7. The number of nitrogens with one attached hydrogen (secondary N) is 1. The predicted octanol–water partition coefficient (Wildman–Crippen LogP) is 2.25. The van der Waals surface area contributed by atoms with Gasteiger partial charge in [-0.3, -0.25) is 0 Å². The maximum Gasteiger partial charge on any atom is 0.0885 e. The largest absolute Gasteiger partial charge is 0.502 e. The summed E-state index contributed by atoms with van der Waals surface area (Å²) in [5, 5.41) is 3.61. The molecule has 0 spiro atoms. The SMILES string of the molecule is C=COCCCNC(C)C1CCCN(CC)C1. The number of piperidine rings is 1. The molecule has 0 amide bonds. The molecule has 17 heavy (non-hydrogen) atoms. The van der Waals surface area contributed by atoms with Gasteiger partial charge in [-0.25, -0.2) is 0 Å². The van der Waals surface area contributed by atoms with Crippen molar-refractivity contribution in [3.63, 3.8) is 0 Å². The summed E-state index contributed by atoms with van der Waals surface area (Å²) in [5.41, 5.74) is 0. The molecule has 3 heteroatoms. The fourth-order valence-electron chi connectivity index (χ4n) is 2.52. The van der Waals surface area contributed by atoms with Gasteiger partial charge in [0.25, 0.3) is 0 Å². The Morgan fingerprint density at radius 3 is 3.12 bits per heavy atom. The van der Waals surface area contributed by atoms with Crippen LogP contribution in [0.15, 0.2) is 12.8 Å². The van der Waals surface area contributed by atoms with Crippen LogP contribution in [-0.2, 0) is 4.74 Å². The van der Waals surface area contributed by atoms with Gasteiger partial charge in [0.15, 0.2) is 0 Å². The van der Waals surface area contributed by atoms with Crippen LogP contribution in [0.4, 0.5) is 0 Å². The number of rotatable bonds is 8. The predicted molar refractivity (Wildman–Crippen MR) is 73.1 cm³/mol. The zero-order chi connectivity index (χ0) is 12.5. The lowest BCUT2D eigenvalue weighted by Gasteiger charge is -2.35. The summed E-state index contributed by atoms with van der Waals surface area (Å²) in [4.78, 5) is 2.56. The maximum absolute atomic E-state index is 5.11. The van der Waals surface area contributed by atoms with Crippen LogP contribution in [0.1, 0.15) is 33.1 Å². The number of hydrogen-bond acceptors (Lipinski definition) is 3. The van der Waals surface area contributed by atoms with Gasteiger partial charge in [-0.15, -0.1) is 0 Å². The van der Waals surface area contributed by atoms with Gasteiger partial charge in [0.1, 0.15) is 0 Å². The van der Waals surface area contributed by atoms with Gasteiger partial charge < -0.3 is 15.0 Å². The smallest absolute Gasteiger partial charge is 0.0885 e.